The molecular weight excluding hydrogens is 514 g/mol. The van der Waals surface area contributed by atoms with Gasteiger partial charge in [-0.15, -0.1) is 0 Å². The Labute approximate surface area is 227 Å². The van der Waals surface area contributed by atoms with E-state index >= 15 is 0 Å². The van der Waals surface area contributed by atoms with Gasteiger partial charge in [0.15, 0.2) is 5.96 Å². The van der Waals surface area contributed by atoms with Crippen LogP contribution in [-0.4, -0.2) is 76.3 Å². The van der Waals surface area contributed by atoms with Gasteiger partial charge in [0.25, 0.3) is 0 Å². The minimum Gasteiger partial charge on any atom is -0.508 e. The second-order valence-corrected chi connectivity index (χ2v) is 9.62. The molecule has 0 heterocycles. The molecule has 0 bridgehead atoms. The standard InChI is InChI=1S/C24H39N7O6S/c1-13(2)10-18(21(34)29-17(23(36)37)4-3-9-28-24(26)27)31-22(35)19(30-20(33)16(25)12-38)11-14-5-7-15(32)8-6-14/h5-8,13,16-19,32,38H,3-4,9-12,25H2,1-2H3,(H,29,34)(H,30,33)(H,31,35)(H,36,37)(H4,26,27,28). The van der Waals surface area contributed by atoms with E-state index in [0.29, 0.717) is 12.0 Å². The maximum atomic E-state index is 13.3. The summed E-state index contributed by atoms with van der Waals surface area (Å²) in [5, 5.41) is 26.8. The van der Waals surface area contributed by atoms with Crippen LogP contribution < -0.4 is 33.2 Å². The SMILES string of the molecule is CC(C)CC(NC(=O)C(Cc1ccc(O)cc1)NC(=O)C(N)CS)C(=O)NC(CCCN=C(N)N)C(=O)O. The van der Waals surface area contributed by atoms with Crippen LogP contribution in [-0.2, 0) is 25.6 Å². The molecule has 1 aromatic carbocycles. The van der Waals surface area contributed by atoms with Crippen molar-refractivity contribution in [2.45, 2.75) is 63.7 Å². The first-order valence-electron chi connectivity index (χ1n) is 12.2. The van der Waals surface area contributed by atoms with Crippen molar-refractivity contribution in [1.82, 2.24) is 16.0 Å². The molecular formula is C24H39N7O6S. The molecule has 0 fully saturated rings. The fourth-order valence-corrected chi connectivity index (χ4v) is 3.61. The van der Waals surface area contributed by atoms with Crippen molar-refractivity contribution in [3.8, 4) is 5.75 Å². The molecule has 1 aromatic rings. The number of carboxylic acids is 1. The zero-order valence-electron chi connectivity index (χ0n) is 21.6. The fraction of sp³-hybridized carbons (Fsp3) is 0.542. The molecule has 0 saturated heterocycles. The number of nitrogens with two attached hydrogens (primary N) is 3. The van der Waals surface area contributed by atoms with Gasteiger partial charge in [0, 0.05) is 18.7 Å². The zero-order chi connectivity index (χ0) is 28.8. The maximum Gasteiger partial charge on any atom is 0.326 e. The van der Waals surface area contributed by atoms with Crippen molar-refractivity contribution in [2.75, 3.05) is 12.3 Å². The van der Waals surface area contributed by atoms with Gasteiger partial charge in [-0.1, -0.05) is 26.0 Å². The largest absolute Gasteiger partial charge is 0.508 e. The summed E-state index contributed by atoms with van der Waals surface area (Å²) in [6.45, 7) is 3.89. The first-order chi connectivity index (χ1) is 17.8. The van der Waals surface area contributed by atoms with Gasteiger partial charge in [0.2, 0.25) is 17.7 Å². The number of phenols is 1. The minimum absolute atomic E-state index is 0.0288. The second-order valence-electron chi connectivity index (χ2n) is 9.26. The van der Waals surface area contributed by atoms with Gasteiger partial charge in [-0.2, -0.15) is 12.6 Å². The Bertz CT molecular complexity index is 970. The average molecular weight is 554 g/mol. The quantitative estimate of drug-likeness (QED) is 0.0518. The molecule has 0 spiro atoms. The molecule has 0 aromatic heterocycles. The Balaban J connectivity index is 3.06. The Morgan fingerprint density at radius 1 is 0.947 bits per heavy atom. The number of phenolic OH excluding ortho intramolecular Hbond substituents is 1. The van der Waals surface area contributed by atoms with E-state index in [2.05, 4.69) is 33.6 Å². The summed E-state index contributed by atoms with van der Waals surface area (Å²) in [4.78, 5) is 54.3. The number of carboxylic acid groups (broad SMARTS) is 1. The molecule has 0 saturated carbocycles. The van der Waals surface area contributed by atoms with Crippen LogP contribution >= 0.6 is 12.6 Å². The first-order valence-corrected chi connectivity index (χ1v) is 12.8. The summed E-state index contributed by atoms with van der Waals surface area (Å²) in [5.41, 5.74) is 16.9. The Morgan fingerprint density at radius 3 is 2.03 bits per heavy atom. The maximum absolute atomic E-state index is 13.3. The predicted octanol–water partition coefficient (Wildman–Crippen LogP) is -1.17. The van der Waals surface area contributed by atoms with E-state index in [9.17, 15) is 29.4 Å². The van der Waals surface area contributed by atoms with Gasteiger partial charge in [-0.05, 0) is 42.9 Å². The Hall–Kier alpha value is -3.52. The van der Waals surface area contributed by atoms with Crippen molar-refractivity contribution in [1.29, 1.82) is 0 Å². The molecule has 14 heteroatoms. The topological polar surface area (TPSA) is 235 Å². The van der Waals surface area contributed by atoms with Crippen molar-refractivity contribution in [3.63, 3.8) is 0 Å². The highest BCUT2D eigenvalue weighted by Crippen LogP contribution is 2.13. The van der Waals surface area contributed by atoms with E-state index in [1.807, 2.05) is 13.8 Å². The molecule has 4 atom stereocenters. The van der Waals surface area contributed by atoms with E-state index in [-0.39, 0.29) is 49.2 Å². The minimum atomic E-state index is -1.24. The lowest BCUT2D eigenvalue weighted by Crippen LogP contribution is -2.58. The summed E-state index contributed by atoms with van der Waals surface area (Å²) < 4.78 is 0. The Morgan fingerprint density at radius 2 is 1.50 bits per heavy atom. The van der Waals surface area contributed by atoms with Gasteiger partial charge in [0.05, 0.1) is 6.04 Å². The molecule has 0 aliphatic rings. The molecule has 0 aliphatic carbocycles. The lowest BCUT2D eigenvalue weighted by atomic mass is 10.00. The molecule has 0 radical (unpaired) electrons. The molecule has 38 heavy (non-hydrogen) atoms. The van der Waals surface area contributed by atoms with Crippen LogP contribution in [0.3, 0.4) is 0 Å². The summed E-state index contributed by atoms with van der Waals surface area (Å²) in [6, 6.07) is 1.73. The number of rotatable bonds is 16. The molecule has 212 valence electrons. The number of thiol groups is 1. The molecule has 13 nitrogen and oxygen atoms in total. The smallest absolute Gasteiger partial charge is 0.326 e. The monoisotopic (exact) mass is 553 g/mol. The van der Waals surface area contributed by atoms with Crippen molar-refractivity contribution in [2.24, 2.45) is 28.1 Å². The normalized spacial score (nSPS) is 14.0. The molecule has 1 rings (SSSR count). The lowest BCUT2D eigenvalue weighted by molar-refractivity contribution is -0.142. The number of amides is 3. The number of carbonyl (C=O) groups excluding carboxylic acids is 3. The van der Waals surface area contributed by atoms with Crippen LogP contribution in [0.15, 0.2) is 29.3 Å². The number of nitrogens with zero attached hydrogens (tertiary/aromatic N) is 1. The zero-order valence-corrected chi connectivity index (χ0v) is 22.5. The van der Waals surface area contributed by atoms with Crippen molar-refractivity contribution < 1.29 is 29.4 Å². The summed E-state index contributed by atoms with van der Waals surface area (Å²) in [7, 11) is 0. The van der Waals surface area contributed by atoms with Crippen LogP contribution in [0.4, 0.5) is 0 Å². The van der Waals surface area contributed by atoms with Gasteiger partial charge in [-0.25, -0.2) is 4.79 Å². The third-order valence-electron chi connectivity index (χ3n) is 5.44. The number of aromatic hydroxyl groups is 1. The lowest BCUT2D eigenvalue weighted by Gasteiger charge is -2.26. The van der Waals surface area contributed by atoms with E-state index in [0.717, 1.165) is 0 Å². The highest BCUT2D eigenvalue weighted by molar-refractivity contribution is 7.80. The number of benzene rings is 1. The number of aliphatic imine (C=N–C) groups is 1. The van der Waals surface area contributed by atoms with Gasteiger partial charge >= 0.3 is 5.97 Å². The van der Waals surface area contributed by atoms with Gasteiger partial charge < -0.3 is 43.4 Å². The number of aliphatic carboxylic acids is 1. The van der Waals surface area contributed by atoms with Gasteiger partial charge in [-0.3, -0.25) is 19.4 Å². The predicted molar refractivity (Wildman–Crippen MR) is 146 cm³/mol. The van der Waals surface area contributed by atoms with Crippen LogP contribution in [0, 0.1) is 5.92 Å². The number of hydrogen-bond donors (Lipinski definition) is 9. The van der Waals surface area contributed by atoms with E-state index in [4.69, 9.17) is 17.2 Å². The molecule has 11 N–H and O–H groups in total. The first kappa shape index (κ1) is 32.5. The van der Waals surface area contributed by atoms with Gasteiger partial charge in [0.1, 0.15) is 23.9 Å². The van der Waals surface area contributed by atoms with Crippen LogP contribution in [0.1, 0.15) is 38.7 Å². The number of carbonyl (C=O) groups is 4. The highest BCUT2D eigenvalue weighted by atomic mass is 32.1. The summed E-state index contributed by atoms with van der Waals surface area (Å²) >= 11 is 4.01. The molecule has 4 unspecified atom stereocenters. The van der Waals surface area contributed by atoms with Crippen LogP contribution in [0.5, 0.6) is 5.75 Å². The third kappa shape index (κ3) is 12.1. The fourth-order valence-electron chi connectivity index (χ4n) is 3.45. The number of nitrogens with one attached hydrogen (secondary N) is 3. The Kier molecular flexibility index (Phi) is 14.0. The average Bonchev–Trinajstić information content (AvgIpc) is 2.84. The number of guanidine groups is 1. The summed E-state index contributed by atoms with van der Waals surface area (Å²) in [5.74, 6) is -3.23. The van der Waals surface area contributed by atoms with Crippen molar-refractivity contribution in [3.05, 3.63) is 29.8 Å². The van der Waals surface area contributed by atoms with Crippen LogP contribution in [0.25, 0.3) is 0 Å². The van der Waals surface area contributed by atoms with E-state index < -0.39 is 47.9 Å². The second kappa shape index (κ2) is 16.3. The number of hydrogen-bond acceptors (Lipinski definition) is 8. The highest BCUT2D eigenvalue weighted by Gasteiger charge is 2.30. The van der Waals surface area contributed by atoms with Crippen LogP contribution in [0.2, 0.25) is 0 Å². The summed E-state index contributed by atoms with van der Waals surface area (Å²) in [6.07, 6.45) is 0.646. The van der Waals surface area contributed by atoms with E-state index in [1.165, 1.54) is 12.1 Å². The molecule has 3 amide bonds. The van der Waals surface area contributed by atoms with Crippen molar-refractivity contribution >= 4 is 42.3 Å². The molecule has 0 aliphatic heterocycles. The van der Waals surface area contributed by atoms with E-state index in [1.54, 1.807) is 12.1 Å². The third-order valence-corrected chi connectivity index (χ3v) is 5.84.